The molecule has 1 aromatic carbocycles. The Balaban J connectivity index is 2.23. The van der Waals surface area contributed by atoms with Crippen molar-refractivity contribution >= 4 is 6.09 Å². The molecule has 0 radical (unpaired) electrons. The lowest BCUT2D eigenvalue weighted by molar-refractivity contribution is 0.00646. The molecule has 4 nitrogen and oxygen atoms in total. The molecule has 1 aromatic rings. The minimum atomic E-state index is -0.486. The highest BCUT2D eigenvalue weighted by Gasteiger charge is 2.35. The van der Waals surface area contributed by atoms with Crippen molar-refractivity contribution in [1.29, 1.82) is 0 Å². The SMILES string of the molecule is CC(C)(C)OC(=O)N1CCC[C@H](N)C1c1ccccc1. The Labute approximate surface area is 120 Å². The summed E-state index contributed by atoms with van der Waals surface area (Å²) in [6.45, 7) is 6.34. The first-order valence-corrected chi connectivity index (χ1v) is 7.18. The van der Waals surface area contributed by atoms with E-state index in [1.807, 2.05) is 51.1 Å². The Hall–Kier alpha value is -1.55. The lowest BCUT2D eigenvalue weighted by Gasteiger charge is -2.40. The molecule has 1 aliphatic rings. The first-order valence-electron chi connectivity index (χ1n) is 7.18. The zero-order valence-electron chi connectivity index (χ0n) is 12.5. The van der Waals surface area contributed by atoms with Gasteiger partial charge in [0, 0.05) is 12.6 Å². The second kappa shape index (κ2) is 5.83. The predicted molar refractivity (Wildman–Crippen MR) is 79.3 cm³/mol. The van der Waals surface area contributed by atoms with Gasteiger partial charge in [-0.25, -0.2) is 4.79 Å². The van der Waals surface area contributed by atoms with Crippen molar-refractivity contribution in [3.8, 4) is 0 Å². The molecule has 0 saturated carbocycles. The maximum atomic E-state index is 12.4. The third kappa shape index (κ3) is 3.51. The monoisotopic (exact) mass is 276 g/mol. The van der Waals surface area contributed by atoms with E-state index in [0.29, 0.717) is 6.54 Å². The van der Waals surface area contributed by atoms with Gasteiger partial charge in [-0.3, -0.25) is 4.90 Å². The molecule has 1 heterocycles. The summed E-state index contributed by atoms with van der Waals surface area (Å²) in [5.41, 5.74) is 6.84. The summed E-state index contributed by atoms with van der Waals surface area (Å²) < 4.78 is 5.51. The number of nitrogens with zero attached hydrogens (tertiary/aromatic N) is 1. The Morgan fingerprint density at radius 2 is 1.95 bits per heavy atom. The van der Waals surface area contributed by atoms with E-state index in [1.54, 1.807) is 4.90 Å². The number of nitrogens with two attached hydrogens (primary N) is 1. The van der Waals surface area contributed by atoms with E-state index in [-0.39, 0.29) is 18.2 Å². The first-order chi connectivity index (χ1) is 9.38. The van der Waals surface area contributed by atoms with Crippen LogP contribution in [0.4, 0.5) is 4.79 Å². The van der Waals surface area contributed by atoms with Gasteiger partial charge in [-0.15, -0.1) is 0 Å². The van der Waals surface area contributed by atoms with E-state index in [0.717, 1.165) is 18.4 Å². The van der Waals surface area contributed by atoms with Gasteiger partial charge >= 0.3 is 6.09 Å². The van der Waals surface area contributed by atoms with Crippen LogP contribution < -0.4 is 5.73 Å². The van der Waals surface area contributed by atoms with Gasteiger partial charge in [-0.05, 0) is 39.2 Å². The largest absolute Gasteiger partial charge is 0.444 e. The van der Waals surface area contributed by atoms with Crippen molar-refractivity contribution in [2.24, 2.45) is 5.73 Å². The topological polar surface area (TPSA) is 55.6 Å². The molecule has 1 saturated heterocycles. The van der Waals surface area contributed by atoms with Gasteiger partial charge in [0.15, 0.2) is 0 Å². The number of rotatable bonds is 1. The summed E-state index contributed by atoms with van der Waals surface area (Å²) >= 11 is 0. The van der Waals surface area contributed by atoms with Gasteiger partial charge in [0.1, 0.15) is 5.60 Å². The standard InChI is InChI=1S/C16H24N2O2/c1-16(2,3)20-15(19)18-11-7-10-13(17)14(18)12-8-5-4-6-9-12/h4-6,8-9,13-14H,7,10-11,17H2,1-3H3/t13-,14?/m0/s1. The highest BCUT2D eigenvalue weighted by Crippen LogP contribution is 2.31. The quantitative estimate of drug-likeness (QED) is 0.857. The number of hydrogen-bond acceptors (Lipinski definition) is 3. The third-order valence-electron chi connectivity index (χ3n) is 3.45. The second-order valence-corrected chi connectivity index (χ2v) is 6.34. The van der Waals surface area contributed by atoms with Crippen LogP contribution in [-0.4, -0.2) is 29.2 Å². The molecule has 2 atom stereocenters. The smallest absolute Gasteiger partial charge is 0.410 e. The van der Waals surface area contributed by atoms with E-state index in [1.165, 1.54) is 0 Å². The van der Waals surface area contributed by atoms with Gasteiger partial charge < -0.3 is 10.5 Å². The number of amides is 1. The average Bonchev–Trinajstić information content (AvgIpc) is 2.37. The number of carbonyl (C=O) groups is 1. The summed E-state index contributed by atoms with van der Waals surface area (Å²) in [6, 6.07) is 9.82. The molecule has 1 aliphatic heterocycles. The van der Waals surface area contributed by atoms with Crippen LogP contribution in [0.1, 0.15) is 45.2 Å². The maximum Gasteiger partial charge on any atom is 0.410 e. The van der Waals surface area contributed by atoms with Crippen molar-refractivity contribution in [3.05, 3.63) is 35.9 Å². The summed E-state index contributed by atoms with van der Waals surface area (Å²) in [4.78, 5) is 14.2. The van der Waals surface area contributed by atoms with E-state index >= 15 is 0 Å². The molecule has 1 fully saturated rings. The molecule has 20 heavy (non-hydrogen) atoms. The number of hydrogen-bond donors (Lipinski definition) is 1. The normalized spacial score (nSPS) is 23.5. The van der Waals surface area contributed by atoms with Crippen LogP contribution >= 0.6 is 0 Å². The number of carbonyl (C=O) groups excluding carboxylic acids is 1. The van der Waals surface area contributed by atoms with Crippen LogP contribution in [-0.2, 0) is 4.74 Å². The molecule has 2 N–H and O–H groups in total. The van der Waals surface area contributed by atoms with E-state index in [9.17, 15) is 4.79 Å². The average molecular weight is 276 g/mol. The van der Waals surface area contributed by atoms with Crippen molar-refractivity contribution in [2.75, 3.05) is 6.54 Å². The van der Waals surface area contributed by atoms with Crippen molar-refractivity contribution in [1.82, 2.24) is 4.90 Å². The van der Waals surface area contributed by atoms with Crippen molar-refractivity contribution in [3.63, 3.8) is 0 Å². The summed E-state index contributed by atoms with van der Waals surface area (Å²) in [5, 5.41) is 0. The van der Waals surface area contributed by atoms with Crippen molar-refractivity contribution < 1.29 is 9.53 Å². The van der Waals surface area contributed by atoms with Crippen molar-refractivity contribution in [2.45, 2.75) is 51.3 Å². The molecular formula is C16H24N2O2. The van der Waals surface area contributed by atoms with Crippen LogP contribution in [0.3, 0.4) is 0 Å². The highest BCUT2D eigenvalue weighted by molar-refractivity contribution is 5.69. The molecule has 1 amide bonds. The van der Waals surface area contributed by atoms with Crippen LogP contribution in [0.25, 0.3) is 0 Å². The van der Waals surface area contributed by atoms with Crippen LogP contribution in [0, 0.1) is 0 Å². The third-order valence-corrected chi connectivity index (χ3v) is 3.45. The molecule has 2 rings (SSSR count). The predicted octanol–water partition coefficient (Wildman–Crippen LogP) is 3.09. The van der Waals surface area contributed by atoms with Gasteiger partial charge in [-0.2, -0.15) is 0 Å². The molecule has 0 aliphatic carbocycles. The first kappa shape index (κ1) is 14.9. The fourth-order valence-corrected chi connectivity index (χ4v) is 2.63. The Bertz CT molecular complexity index is 453. The minimum absolute atomic E-state index is 0.0429. The van der Waals surface area contributed by atoms with Gasteiger partial charge in [-0.1, -0.05) is 30.3 Å². The second-order valence-electron chi connectivity index (χ2n) is 6.34. The Kier molecular flexibility index (Phi) is 4.33. The van der Waals surface area contributed by atoms with E-state index in [2.05, 4.69) is 0 Å². The number of piperidine rings is 1. The highest BCUT2D eigenvalue weighted by atomic mass is 16.6. The number of likely N-dealkylation sites (tertiary alicyclic amines) is 1. The number of ether oxygens (including phenoxy) is 1. The van der Waals surface area contributed by atoms with Gasteiger partial charge in [0.25, 0.3) is 0 Å². The number of benzene rings is 1. The lowest BCUT2D eigenvalue weighted by atomic mass is 9.91. The Morgan fingerprint density at radius 3 is 2.55 bits per heavy atom. The zero-order chi connectivity index (χ0) is 14.8. The van der Waals surface area contributed by atoms with Gasteiger partial charge in [0.2, 0.25) is 0 Å². The Morgan fingerprint density at radius 1 is 1.30 bits per heavy atom. The van der Waals surface area contributed by atoms with Gasteiger partial charge in [0.05, 0.1) is 6.04 Å². The minimum Gasteiger partial charge on any atom is -0.444 e. The molecule has 0 bridgehead atoms. The van der Waals surface area contributed by atoms with Crippen LogP contribution in [0.2, 0.25) is 0 Å². The molecule has 110 valence electrons. The molecule has 0 spiro atoms. The molecule has 1 unspecified atom stereocenters. The molecular weight excluding hydrogens is 252 g/mol. The van der Waals surface area contributed by atoms with Crippen LogP contribution in [0.15, 0.2) is 30.3 Å². The van der Waals surface area contributed by atoms with E-state index < -0.39 is 5.60 Å². The fourth-order valence-electron chi connectivity index (χ4n) is 2.63. The maximum absolute atomic E-state index is 12.4. The summed E-state index contributed by atoms with van der Waals surface area (Å²) in [6.07, 6.45) is 1.57. The zero-order valence-corrected chi connectivity index (χ0v) is 12.5. The summed E-state index contributed by atoms with van der Waals surface area (Å²) in [7, 11) is 0. The summed E-state index contributed by atoms with van der Waals surface area (Å²) in [5.74, 6) is 0. The lowest BCUT2D eigenvalue weighted by Crippen LogP contribution is -2.49. The molecule has 4 heteroatoms. The fraction of sp³-hybridized carbons (Fsp3) is 0.562. The van der Waals surface area contributed by atoms with E-state index in [4.69, 9.17) is 10.5 Å². The van der Waals surface area contributed by atoms with Crippen LogP contribution in [0.5, 0.6) is 0 Å². The molecule has 0 aromatic heterocycles.